The van der Waals surface area contributed by atoms with E-state index in [0.717, 1.165) is 0 Å². The maximum absolute atomic E-state index is 11.9. The molecule has 1 amide bonds. The van der Waals surface area contributed by atoms with Crippen LogP contribution in [0.1, 0.15) is 29.9 Å². The Labute approximate surface area is 149 Å². The van der Waals surface area contributed by atoms with Gasteiger partial charge in [0.15, 0.2) is 17.5 Å². The molecule has 0 unspecified atom stereocenters. The summed E-state index contributed by atoms with van der Waals surface area (Å²) in [7, 11) is 0. The van der Waals surface area contributed by atoms with E-state index in [0.29, 0.717) is 28.7 Å². The molecule has 1 aromatic heterocycles. The van der Waals surface area contributed by atoms with E-state index >= 15 is 0 Å². The lowest BCUT2D eigenvalue weighted by Gasteiger charge is -2.06. The minimum absolute atomic E-state index is 0.0355. The van der Waals surface area contributed by atoms with E-state index in [9.17, 15) is 14.4 Å². The summed E-state index contributed by atoms with van der Waals surface area (Å²) in [5.41, 5.74) is 1.12. The number of hydrogen-bond donors (Lipinski definition) is 1. The van der Waals surface area contributed by atoms with Crippen LogP contribution < -0.4 is 10.1 Å². The predicted octanol–water partition coefficient (Wildman–Crippen LogP) is 2.47. The first kappa shape index (κ1) is 18.6. The zero-order chi connectivity index (χ0) is 18.2. The molecule has 132 valence electrons. The third-order valence-corrected chi connectivity index (χ3v) is 3.87. The van der Waals surface area contributed by atoms with E-state index in [-0.39, 0.29) is 30.7 Å². The van der Waals surface area contributed by atoms with E-state index < -0.39 is 0 Å². The molecule has 0 spiro atoms. The minimum Gasteiger partial charge on any atom is -0.484 e. The first-order valence-electron chi connectivity index (χ1n) is 7.61. The molecule has 0 bridgehead atoms. The summed E-state index contributed by atoms with van der Waals surface area (Å²) in [6, 6.07) is 6.53. The minimum atomic E-state index is -0.368. The Morgan fingerprint density at radius 3 is 2.56 bits per heavy atom. The molecule has 0 atom stereocenters. The highest BCUT2D eigenvalue weighted by Gasteiger charge is 2.11. The Hall–Kier alpha value is -2.74. The van der Waals surface area contributed by atoms with Crippen LogP contribution in [-0.2, 0) is 20.7 Å². The van der Waals surface area contributed by atoms with Crippen LogP contribution >= 0.6 is 11.3 Å². The van der Waals surface area contributed by atoms with E-state index in [2.05, 4.69) is 10.3 Å². The number of aromatic nitrogens is 1. The number of thiazole rings is 1. The van der Waals surface area contributed by atoms with Crippen LogP contribution in [0.2, 0.25) is 0 Å². The fourth-order valence-corrected chi connectivity index (χ4v) is 2.62. The van der Waals surface area contributed by atoms with E-state index in [4.69, 9.17) is 9.47 Å². The molecule has 0 aliphatic heterocycles. The summed E-state index contributed by atoms with van der Waals surface area (Å²) < 4.78 is 10.2. The van der Waals surface area contributed by atoms with Crippen molar-refractivity contribution in [3.63, 3.8) is 0 Å². The predicted molar refractivity (Wildman–Crippen MR) is 93.0 cm³/mol. The number of carbonyl (C=O) groups is 3. The summed E-state index contributed by atoms with van der Waals surface area (Å²) in [6.45, 7) is 3.34. The molecule has 0 fully saturated rings. The highest BCUT2D eigenvalue weighted by Crippen LogP contribution is 2.17. The van der Waals surface area contributed by atoms with Gasteiger partial charge in [-0.15, -0.1) is 11.3 Å². The lowest BCUT2D eigenvalue weighted by molar-refractivity contribution is -0.142. The third kappa shape index (κ3) is 6.00. The average molecular weight is 362 g/mol. The van der Waals surface area contributed by atoms with Gasteiger partial charge >= 0.3 is 5.97 Å². The van der Waals surface area contributed by atoms with Crippen LogP contribution in [0.25, 0.3) is 0 Å². The van der Waals surface area contributed by atoms with E-state index in [1.54, 1.807) is 36.6 Å². The van der Waals surface area contributed by atoms with Crippen LogP contribution in [0.3, 0.4) is 0 Å². The van der Waals surface area contributed by atoms with Crippen LogP contribution in [0.4, 0.5) is 5.13 Å². The smallest absolute Gasteiger partial charge is 0.311 e. The number of ketones is 1. The second kappa shape index (κ2) is 8.93. The Morgan fingerprint density at radius 1 is 1.20 bits per heavy atom. The standard InChI is InChI=1S/C17H18N2O5S/c1-3-23-16(22)8-13-10-25-17(18-13)19-15(21)9-24-14-6-4-12(5-7-14)11(2)20/h4-7,10H,3,8-9H2,1-2H3,(H,18,19,21). The molecule has 2 rings (SSSR count). The van der Waals surface area contributed by atoms with Crippen molar-refractivity contribution < 1.29 is 23.9 Å². The average Bonchev–Trinajstić information content (AvgIpc) is 3.00. The quantitative estimate of drug-likeness (QED) is 0.573. The third-order valence-electron chi connectivity index (χ3n) is 3.06. The van der Waals surface area contributed by atoms with Gasteiger partial charge in [-0.25, -0.2) is 4.98 Å². The normalized spacial score (nSPS) is 10.2. The number of rotatable bonds is 8. The number of carbonyl (C=O) groups excluding carboxylic acids is 3. The maximum Gasteiger partial charge on any atom is 0.311 e. The highest BCUT2D eigenvalue weighted by molar-refractivity contribution is 7.13. The zero-order valence-corrected chi connectivity index (χ0v) is 14.7. The second-order valence-electron chi connectivity index (χ2n) is 5.04. The molecule has 1 N–H and O–H groups in total. The van der Waals surface area contributed by atoms with Crippen molar-refractivity contribution in [2.45, 2.75) is 20.3 Å². The molecule has 2 aromatic rings. The first-order chi connectivity index (χ1) is 12.0. The molecule has 0 aliphatic carbocycles. The molecule has 0 aliphatic rings. The molecule has 1 heterocycles. The summed E-state index contributed by atoms with van der Waals surface area (Å²) in [6.07, 6.45) is 0.0687. The number of hydrogen-bond acceptors (Lipinski definition) is 7. The van der Waals surface area contributed by atoms with Crippen molar-refractivity contribution in [3.8, 4) is 5.75 Å². The molecule has 1 aromatic carbocycles. The Morgan fingerprint density at radius 2 is 1.92 bits per heavy atom. The Balaban J connectivity index is 1.81. The van der Waals surface area contributed by atoms with Gasteiger partial charge in [-0.2, -0.15) is 0 Å². The topological polar surface area (TPSA) is 94.6 Å². The van der Waals surface area contributed by atoms with Gasteiger partial charge in [0.05, 0.1) is 18.7 Å². The molecule has 7 nitrogen and oxygen atoms in total. The maximum atomic E-state index is 11.9. The highest BCUT2D eigenvalue weighted by atomic mass is 32.1. The van der Waals surface area contributed by atoms with Crippen molar-refractivity contribution in [1.82, 2.24) is 4.98 Å². The number of nitrogens with one attached hydrogen (secondary N) is 1. The number of esters is 1. The first-order valence-corrected chi connectivity index (χ1v) is 8.49. The van der Waals surface area contributed by atoms with Gasteiger partial charge in [0.25, 0.3) is 5.91 Å². The monoisotopic (exact) mass is 362 g/mol. The van der Waals surface area contributed by atoms with Crippen LogP contribution in [-0.4, -0.2) is 35.9 Å². The van der Waals surface area contributed by atoms with Gasteiger partial charge in [0.2, 0.25) is 0 Å². The SMILES string of the molecule is CCOC(=O)Cc1csc(NC(=O)COc2ccc(C(C)=O)cc2)n1. The Bertz CT molecular complexity index is 755. The number of nitrogens with zero attached hydrogens (tertiary/aromatic N) is 1. The van der Waals surface area contributed by atoms with E-state index in [1.165, 1.54) is 18.3 Å². The number of amides is 1. The largest absolute Gasteiger partial charge is 0.484 e. The van der Waals surface area contributed by atoms with Gasteiger partial charge < -0.3 is 9.47 Å². The summed E-state index contributed by atoms with van der Waals surface area (Å²) >= 11 is 1.22. The molecule has 25 heavy (non-hydrogen) atoms. The number of anilines is 1. The van der Waals surface area contributed by atoms with Crippen molar-refractivity contribution in [1.29, 1.82) is 0 Å². The summed E-state index contributed by atoms with van der Waals surface area (Å²) in [5, 5.41) is 4.68. The lowest BCUT2D eigenvalue weighted by Crippen LogP contribution is -2.20. The van der Waals surface area contributed by atoms with Gasteiger partial charge in [-0.05, 0) is 38.1 Å². The van der Waals surface area contributed by atoms with Crippen molar-refractivity contribution in [3.05, 3.63) is 40.9 Å². The molecule has 0 radical (unpaired) electrons. The van der Waals surface area contributed by atoms with Crippen LogP contribution in [0, 0.1) is 0 Å². The van der Waals surface area contributed by atoms with Gasteiger partial charge in [-0.1, -0.05) is 0 Å². The van der Waals surface area contributed by atoms with Crippen molar-refractivity contribution >= 4 is 34.1 Å². The number of ether oxygens (including phenoxy) is 2. The fraction of sp³-hybridized carbons (Fsp3) is 0.294. The summed E-state index contributed by atoms with van der Waals surface area (Å²) in [4.78, 5) is 38.6. The molecule has 0 saturated carbocycles. The van der Waals surface area contributed by atoms with Gasteiger partial charge in [0, 0.05) is 10.9 Å². The molecule has 8 heteroatoms. The second-order valence-corrected chi connectivity index (χ2v) is 5.90. The lowest BCUT2D eigenvalue weighted by atomic mass is 10.1. The van der Waals surface area contributed by atoms with Crippen LogP contribution in [0.15, 0.2) is 29.6 Å². The number of Topliss-reactive ketones (excluding diaryl/α,β-unsaturated/α-hetero) is 1. The molecule has 0 saturated heterocycles. The van der Waals surface area contributed by atoms with Gasteiger partial charge in [0.1, 0.15) is 5.75 Å². The fourth-order valence-electron chi connectivity index (χ4n) is 1.90. The van der Waals surface area contributed by atoms with Crippen LogP contribution in [0.5, 0.6) is 5.75 Å². The van der Waals surface area contributed by atoms with E-state index in [1.807, 2.05) is 0 Å². The number of benzene rings is 1. The van der Waals surface area contributed by atoms with Crippen molar-refractivity contribution in [2.75, 3.05) is 18.5 Å². The molecular formula is C17H18N2O5S. The zero-order valence-electron chi connectivity index (χ0n) is 13.9. The van der Waals surface area contributed by atoms with Crippen molar-refractivity contribution in [2.24, 2.45) is 0 Å². The molecular weight excluding hydrogens is 344 g/mol. The summed E-state index contributed by atoms with van der Waals surface area (Å²) in [5.74, 6) is -0.273. The van der Waals surface area contributed by atoms with Gasteiger partial charge in [-0.3, -0.25) is 19.7 Å². The Kier molecular flexibility index (Phi) is 6.64.